The minimum atomic E-state index is 1.04. The van der Waals surface area contributed by atoms with Crippen LogP contribution in [0.15, 0.2) is 42.5 Å². The highest BCUT2D eigenvalue weighted by atomic mass is 127. The number of aryl methyl sites for hydroxylation is 1. The molecule has 0 amide bonds. The molecule has 0 heterocycles. The van der Waals surface area contributed by atoms with Crippen molar-refractivity contribution in [2.45, 2.75) is 24.7 Å². The van der Waals surface area contributed by atoms with Gasteiger partial charge in [0.1, 0.15) is 0 Å². The number of hydrogen-bond acceptors (Lipinski definition) is 0. The maximum absolute atomic E-state index is 2.43. The van der Waals surface area contributed by atoms with E-state index in [0.717, 1.165) is 10.8 Å². The van der Waals surface area contributed by atoms with Gasteiger partial charge in [0.15, 0.2) is 0 Å². The molecular formula is C16H17I. The lowest BCUT2D eigenvalue weighted by atomic mass is 9.95. The summed E-state index contributed by atoms with van der Waals surface area (Å²) in [5, 5.41) is 0. The van der Waals surface area contributed by atoms with Crippen LogP contribution in [0, 0.1) is 13.8 Å². The minimum absolute atomic E-state index is 1.04. The van der Waals surface area contributed by atoms with Crippen LogP contribution in [0.4, 0.5) is 0 Å². The van der Waals surface area contributed by atoms with Crippen molar-refractivity contribution in [3.63, 3.8) is 0 Å². The molecule has 88 valence electrons. The zero-order valence-electron chi connectivity index (χ0n) is 10.3. The summed E-state index contributed by atoms with van der Waals surface area (Å²) in [6.07, 6.45) is 1.04. The van der Waals surface area contributed by atoms with Crippen molar-refractivity contribution < 1.29 is 0 Å². The SMILES string of the molecule is Cc1ccccc1Cc1cccc(CI)c1C. The van der Waals surface area contributed by atoms with Gasteiger partial charge in [0, 0.05) is 4.43 Å². The molecule has 0 bridgehead atoms. The van der Waals surface area contributed by atoms with Gasteiger partial charge in [-0.05, 0) is 48.1 Å². The van der Waals surface area contributed by atoms with Gasteiger partial charge in [0.05, 0.1) is 0 Å². The molecule has 0 unspecified atom stereocenters. The van der Waals surface area contributed by atoms with Crippen molar-refractivity contribution in [1.29, 1.82) is 0 Å². The van der Waals surface area contributed by atoms with Crippen molar-refractivity contribution in [2.75, 3.05) is 0 Å². The first-order valence-electron chi connectivity index (χ1n) is 5.90. The van der Waals surface area contributed by atoms with Crippen molar-refractivity contribution in [3.8, 4) is 0 Å². The quantitative estimate of drug-likeness (QED) is 0.556. The Morgan fingerprint density at radius 3 is 2.18 bits per heavy atom. The van der Waals surface area contributed by atoms with E-state index in [4.69, 9.17) is 0 Å². The molecule has 2 aromatic rings. The lowest BCUT2D eigenvalue weighted by molar-refractivity contribution is 1.11. The third-order valence-electron chi connectivity index (χ3n) is 3.34. The Balaban J connectivity index is 2.34. The van der Waals surface area contributed by atoms with Crippen LogP contribution < -0.4 is 0 Å². The van der Waals surface area contributed by atoms with Crippen molar-refractivity contribution >= 4 is 22.6 Å². The monoisotopic (exact) mass is 336 g/mol. The van der Waals surface area contributed by atoms with Crippen LogP contribution in [0.3, 0.4) is 0 Å². The molecule has 0 aliphatic heterocycles. The van der Waals surface area contributed by atoms with Crippen LogP contribution in [0.5, 0.6) is 0 Å². The molecule has 0 aliphatic rings. The highest BCUT2D eigenvalue weighted by Crippen LogP contribution is 2.21. The van der Waals surface area contributed by atoms with Crippen LogP contribution >= 0.6 is 22.6 Å². The number of benzene rings is 2. The van der Waals surface area contributed by atoms with Gasteiger partial charge in [-0.1, -0.05) is 65.1 Å². The maximum Gasteiger partial charge on any atom is 0.0249 e. The Kier molecular flexibility index (Phi) is 4.21. The van der Waals surface area contributed by atoms with E-state index < -0.39 is 0 Å². The first-order valence-corrected chi connectivity index (χ1v) is 7.42. The molecule has 0 radical (unpaired) electrons. The topological polar surface area (TPSA) is 0 Å². The van der Waals surface area contributed by atoms with Gasteiger partial charge in [0.25, 0.3) is 0 Å². The Labute approximate surface area is 117 Å². The van der Waals surface area contributed by atoms with E-state index in [1.165, 1.54) is 27.8 Å². The fourth-order valence-electron chi connectivity index (χ4n) is 2.09. The van der Waals surface area contributed by atoms with Crippen molar-refractivity contribution in [2.24, 2.45) is 0 Å². The molecule has 0 fully saturated rings. The molecule has 0 aliphatic carbocycles. The summed E-state index contributed by atoms with van der Waals surface area (Å²) in [5.41, 5.74) is 7.17. The summed E-state index contributed by atoms with van der Waals surface area (Å²) < 4.78 is 1.09. The van der Waals surface area contributed by atoms with Gasteiger partial charge in [-0.15, -0.1) is 0 Å². The standard InChI is InChI=1S/C16H17I/c1-12-6-3-4-7-14(12)10-15-8-5-9-16(11-17)13(15)2/h3-9H,10-11H2,1-2H3. The first-order chi connectivity index (χ1) is 8.22. The third kappa shape index (κ3) is 2.89. The van der Waals surface area contributed by atoms with Gasteiger partial charge in [0.2, 0.25) is 0 Å². The molecular weight excluding hydrogens is 319 g/mol. The molecule has 2 rings (SSSR count). The second-order valence-corrected chi connectivity index (χ2v) is 5.20. The van der Waals surface area contributed by atoms with E-state index in [-0.39, 0.29) is 0 Å². The van der Waals surface area contributed by atoms with Crippen LogP contribution in [-0.2, 0) is 10.8 Å². The third-order valence-corrected chi connectivity index (χ3v) is 4.17. The normalized spacial score (nSPS) is 10.5. The van der Waals surface area contributed by atoms with Gasteiger partial charge in [-0.3, -0.25) is 0 Å². The van der Waals surface area contributed by atoms with Crippen LogP contribution in [0.1, 0.15) is 27.8 Å². The zero-order valence-corrected chi connectivity index (χ0v) is 12.5. The lowest BCUT2D eigenvalue weighted by Crippen LogP contribution is -1.96. The fraction of sp³-hybridized carbons (Fsp3) is 0.250. The number of rotatable bonds is 3. The van der Waals surface area contributed by atoms with Gasteiger partial charge in [-0.2, -0.15) is 0 Å². The summed E-state index contributed by atoms with van der Waals surface area (Å²) in [5.74, 6) is 0. The van der Waals surface area contributed by atoms with Crippen molar-refractivity contribution in [1.82, 2.24) is 0 Å². The summed E-state index contributed by atoms with van der Waals surface area (Å²) in [6, 6.07) is 15.3. The average Bonchev–Trinajstić information content (AvgIpc) is 2.34. The van der Waals surface area contributed by atoms with E-state index in [0.29, 0.717) is 0 Å². The van der Waals surface area contributed by atoms with E-state index in [9.17, 15) is 0 Å². The maximum atomic E-state index is 2.43. The van der Waals surface area contributed by atoms with Crippen LogP contribution in [0.2, 0.25) is 0 Å². The number of hydrogen-bond donors (Lipinski definition) is 0. The molecule has 1 heteroatoms. The summed E-state index contributed by atoms with van der Waals surface area (Å²) >= 11 is 2.43. The fourth-order valence-corrected chi connectivity index (χ4v) is 2.91. The van der Waals surface area contributed by atoms with E-state index in [1.54, 1.807) is 0 Å². The Morgan fingerprint density at radius 1 is 0.824 bits per heavy atom. The Hall–Kier alpha value is -0.830. The van der Waals surface area contributed by atoms with E-state index in [2.05, 4.69) is 78.9 Å². The van der Waals surface area contributed by atoms with E-state index in [1.807, 2.05) is 0 Å². The lowest BCUT2D eigenvalue weighted by Gasteiger charge is -2.11. The smallest absolute Gasteiger partial charge is 0.0249 e. The largest absolute Gasteiger partial charge is 0.0812 e. The van der Waals surface area contributed by atoms with Crippen molar-refractivity contribution in [3.05, 3.63) is 70.3 Å². The summed E-state index contributed by atoms with van der Waals surface area (Å²) in [4.78, 5) is 0. The first kappa shape index (κ1) is 12.6. The molecule has 0 spiro atoms. The van der Waals surface area contributed by atoms with Gasteiger partial charge in [-0.25, -0.2) is 0 Å². The molecule has 0 nitrogen and oxygen atoms in total. The van der Waals surface area contributed by atoms with Gasteiger partial charge >= 0.3 is 0 Å². The highest BCUT2D eigenvalue weighted by molar-refractivity contribution is 14.1. The second-order valence-electron chi connectivity index (χ2n) is 4.44. The minimum Gasteiger partial charge on any atom is -0.0812 e. The average molecular weight is 336 g/mol. The van der Waals surface area contributed by atoms with Crippen LogP contribution in [-0.4, -0.2) is 0 Å². The molecule has 2 aromatic carbocycles. The Bertz CT molecular complexity index is 515. The van der Waals surface area contributed by atoms with E-state index >= 15 is 0 Å². The predicted molar refractivity (Wildman–Crippen MR) is 82.9 cm³/mol. The van der Waals surface area contributed by atoms with Crippen LogP contribution in [0.25, 0.3) is 0 Å². The molecule has 17 heavy (non-hydrogen) atoms. The molecule has 0 saturated heterocycles. The molecule has 0 saturated carbocycles. The number of alkyl halides is 1. The number of halogens is 1. The molecule has 0 atom stereocenters. The second kappa shape index (κ2) is 5.67. The summed E-state index contributed by atoms with van der Waals surface area (Å²) in [7, 11) is 0. The highest BCUT2D eigenvalue weighted by Gasteiger charge is 2.05. The zero-order chi connectivity index (χ0) is 12.3. The Morgan fingerprint density at radius 2 is 1.47 bits per heavy atom. The molecule has 0 N–H and O–H groups in total. The van der Waals surface area contributed by atoms with Gasteiger partial charge < -0.3 is 0 Å². The molecule has 0 aromatic heterocycles. The predicted octanol–water partition coefficient (Wildman–Crippen LogP) is 4.83. The summed E-state index contributed by atoms with van der Waals surface area (Å²) in [6.45, 7) is 4.43.